The number of nitrogens with zero attached hydrogens (tertiary/aromatic N) is 2. The number of thiazole rings is 1. The van der Waals surface area contributed by atoms with Crippen LogP contribution in [0, 0.1) is 5.82 Å². The molecule has 3 rings (SSSR count). The van der Waals surface area contributed by atoms with Gasteiger partial charge in [0.1, 0.15) is 16.9 Å². The molecular formula is C22H20Cl2F4N4OS. The van der Waals surface area contributed by atoms with Crippen molar-refractivity contribution >= 4 is 40.4 Å². The van der Waals surface area contributed by atoms with Gasteiger partial charge in [-0.05, 0) is 56.7 Å². The van der Waals surface area contributed by atoms with Gasteiger partial charge < -0.3 is 11.1 Å². The van der Waals surface area contributed by atoms with Gasteiger partial charge in [0, 0.05) is 23.0 Å². The molecule has 5 nitrogen and oxygen atoms in total. The van der Waals surface area contributed by atoms with Crippen LogP contribution in [0.25, 0.3) is 11.3 Å². The van der Waals surface area contributed by atoms with Crippen LogP contribution in [0.1, 0.15) is 42.5 Å². The molecular weight excluding hydrogens is 515 g/mol. The van der Waals surface area contributed by atoms with Crippen LogP contribution < -0.4 is 11.1 Å². The summed E-state index contributed by atoms with van der Waals surface area (Å²) in [6, 6.07) is 6.52. The quantitative estimate of drug-likeness (QED) is 0.374. The lowest BCUT2D eigenvalue weighted by atomic mass is 9.82. The maximum absolute atomic E-state index is 14.4. The van der Waals surface area contributed by atoms with E-state index in [0.29, 0.717) is 11.1 Å². The summed E-state index contributed by atoms with van der Waals surface area (Å²) in [6.07, 6.45) is -4.80. The zero-order valence-electron chi connectivity index (χ0n) is 18.2. The van der Waals surface area contributed by atoms with E-state index in [1.165, 1.54) is 29.6 Å². The van der Waals surface area contributed by atoms with Crippen molar-refractivity contribution in [1.29, 1.82) is 0 Å². The van der Waals surface area contributed by atoms with Gasteiger partial charge in [-0.2, -0.15) is 13.2 Å². The first-order valence-corrected chi connectivity index (χ1v) is 11.5. The van der Waals surface area contributed by atoms with Gasteiger partial charge in [-0.3, -0.25) is 9.78 Å². The molecule has 1 unspecified atom stereocenters. The number of aromatic nitrogens is 2. The second-order valence-electron chi connectivity index (χ2n) is 8.48. The summed E-state index contributed by atoms with van der Waals surface area (Å²) in [5, 5.41) is 3.42. The van der Waals surface area contributed by atoms with Gasteiger partial charge in [-0.25, -0.2) is 9.37 Å². The predicted molar refractivity (Wildman–Crippen MR) is 125 cm³/mol. The fraction of sp³-hybridized carbons (Fsp3) is 0.318. The first-order chi connectivity index (χ1) is 15.6. The highest BCUT2D eigenvalue weighted by molar-refractivity contribution is 7.14. The van der Waals surface area contributed by atoms with E-state index in [0.717, 1.165) is 24.3 Å². The van der Waals surface area contributed by atoms with Crippen LogP contribution in [0.3, 0.4) is 0 Å². The third-order valence-electron chi connectivity index (χ3n) is 5.29. The summed E-state index contributed by atoms with van der Waals surface area (Å²) >= 11 is 12.6. The summed E-state index contributed by atoms with van der Waals surface area (Å²) in [5.41, 5.74) is 2.91. The van der Waals surface area contributed by atoms with Crippen LogP contribution >= 0.6 is 34.5 Å². The lowest BCUT2D eigenvalue weighted by Crippen LogP contribution is -2.49. The number of alkyl halides is 3. The monoisotopic (exact) mass is 534 g/mol. The smallest absolute Gasteiger partial charge is 0.349 e. The summed E-state index contributed by atoms with van der Waals surface area (Å²) in [7, 11) is 0. The average Bonchev–Trinajstić information content (AvgIpc) is 3.18. The molecule has 1 atom stereocenters. The van der Waals surface area contributed by atoms with Crippen molar-refractivity contribution in [2.45, 2.75) is 37.9 Å². The Morgan fingerprint density at radius 2 is 1.79 bits per heavy atom. The molecule has 12 heteroatoms. The summed E-state index contributed by atoms with van der Waals surface area (Å²) in [6.45, 7) is 3.37. The van der Waals surface area contributed by atoms with Gasteiger partial charge in [0.05, 0.1) is 16.4 Å². The van der Waals surface area contributed by atoms with E-state index in [1.807, 2.05) is 0 Å². The number of halogens is 6. The van der Waals surface area contributed by atoms with Crippen LogP contribution in [0.2, 0.25) is 9.49 Å². The van der Waals surface area contributed by atoms with Gasteiger partial charge in [0.25, 0.3) is 5.91 Å². The number of nitrogens with one attached hydrogen (secondary N) is 1. The Morgan fingerprint density at radius 3 is 2.32 bits per heavy atom. The van der Waals surface area contributed by atoms with Crippen molar-refractivity contribution in [3.63, 3.8) is 0 Å². The molecule has 0 saturated heterocycles. The molecule has 1 aromatic carbocycles. The fourth-order valence-electron chi connectivity index (χ4n) is 3.03. The van der Waals surface area contributed by atoms with Gasteiger partial charge in [-0.15, -0.1) is 11.3 Å². The maximum Gasteiger partial charge on any atom is 0.401 e. The number of nitrogens with two attached hydrogens (primary N) is 1. The maximum atomic E-state index is 14.4. The Kier molecular flexibility index (Phi) is 7.29. The third kappa shape index (κ3) is 5.51. The van der Waals surface area contributed by atoms with E-state index in [9.17, 15) is 22.4 Å². The molecule has 2 heterocycles. The van der Waals surface area contributed by atoms with Crippen LogP contribution in [0.15, 0.2) is 35.7 Å². The molecule has 0 aliphatic heterocycles. The summed E-state index contributed by atoms with van der Waals surface area (Å²) in [5.74, 6) is -1.48. The lowest BCUT2D eigenvalue weighted by molar-refractivity contribution is -0.184. The molecule has 34 heavy (non-hydrogen) atoms. The van der Waals surface area contributed by atoms with Gasteiger partial charge in [0.2, 0.25) is 0 Å². The fourth-order valence-corrected chi connectivity index (χ4v) is 3.95. The first-order valence-electron chi connectivity index (χ1n) is 9.85. The number of pyridine rings is 1. The minimum Gasteiger partial charge on any atom is -0.349 e. The predicted octanol–water partition coefficient (Wildman–Crippen LogP) is 6.09. The third-order valence-corrected chi connectivity index (χ3v) is 6.56. The number of hydrogen-bond acceptors (Lipinski definition) is 5. The van der Waals surface area contributed by atoms with Crippen LogP contribution in [0.4, 0.5) is 17.6 Å². The molecule has 0 saturated carbocycles. The van der Waals surface area contributed by atoms with Gasteiger partial charge in [0.15, 0.2) is 4.47 Å². The van der Waals surface area contributed by atoms with E-state index in [1.54, 1.807) is 13.8 Å². The molecule has 3 N–H and O–H groups in total. The normalized spacial score (nSPS) is 14.1. The Balaban J connectivity index is 2.10. The van der Waals surface area contributed by atoms with E-state index in [2.05, 4.69) is 15.3 Å². The Hall–Kier alpha value is -2.27. The van der Waals surface area contributed by atoms with E-state index in [-0.39, 0.29) is 26.6 Å². The van der Waals surface area contributed by atoms with Crippen molar-refractivity contribution in [2.24, 2.45) is 5.73 Å². The first kappa shape index (κ1) is 26.3. The second kappa shape index (κ2) is 9.41. The van der Waals surface area contributed by atoms with E-state index < -0.39 is 35.4 Å². The van der Waals surface area contributed by atoms with Crippen molar-refractivity contribution < 1.29 is 22.4 Å². The number of rotatable bonds is 6. The highest BCUT2D eigenvalue weighted by Gasteiger charge is 2.54. The topological polar surface area (TPSA) is 80.9 Å². The molecule has 0 radical (unpaired) electrons. The van der Waals surface area contributed by atoms with Crippen molar-refractivity contribution in [2.75, 3.05) is 6.54 Å². The van der Waals surface area contributed by atoms with Crippen LogP contribution in [0.5, 0.6) is 0 Å². The molecule has 1 amide bonds. The number of carbonyl (C=O) groups is 1. The SMILES string of the molecule is CC(C)(N)c1cc(-c2ccc(F)c(Cl)c2)nc(C(C)(CNC(=O)c2csc(Cl)n2)C(F)(F)F)c1. The number of benzene rings is 1. The minimum absolute atomic E-state index is 0.0888. The molecule has 0 aliphatic rings. The molecule has 0 bridgehead atoms. The van der Waals surface area contributed by atoms with Crippen LogP contribution in [-0.4, -0.2) is 28.6 Å². The summed E-state index contributed by atoms with van der Waals surface area (Å²) in [4.78, 5) is 20.4. The second-order valence-corrected chi connectivity index (χ2v) is 10.3. The summed E-state index contributed by atoms with van der Waals surface area (Å²) < 4.78 is 56.9. The van der Waals surface area contributed by atoms with Gasteiger partial charge >= 0.3 is 6.18 Å². The van der Waals surface area contributed by atoms with E-state index in [4.69, 9.17) is 28.9 Å². The number of hydrogen-bond donors (Lipinski definition) is 2. The average molecular weight is 535 g/mol. The lowest BCUT2D eigenvalue weighted by Gasteiger charge is -2.33. The Bertz CT molecular complexity index is 1230. The number of amides is 1. The van der Waals surface area contributed by atoms with Gasteiger partial charge in [-0.1, -0.05) is 23.2 Å². The Morgan fingerprint density at radius 1 is 1.12 bits per heavy atom. The highest BCUT2D eigenvalue weighted by atomic mass is 35.5. The molecule has 0 fully saturated rings. The zero-order valence-corrected chi connectivity index (χ0v) is 20.6. The standard InChI is InChI=1S/C22H20Cl2F4N4OS/c1-20(2,29)12-7-15(11-4-5-14(25)13(23)6-11)31-17(8-12)21(3,22(26,27)28)10-30-18(33)16-9-34-19(24)32-16/h4-9H,10,29H2,1-3H3,(H,30,33). The zero-order chi connectivity index (χ0) is 25.5. The number of carbonyl (C=O) groups excluding carboxylic acids is 1. The molecule has 3 aromatic rings. The molecule has 182 valence electrons. The van der Waals surface area contributed by atoms with Crippen LogP contribution in [-0.2, 0) is 11.0 Å². The van der Waals surface area contributed by atoms with Crippen molar-refractivity contribution in [3.8, 4) is 11.3 Å². The molecule has 0 spiro atoms. The molecule has 0 aliphatic carbocycles. The van der Waals surface area contributed by atoms with E-state index >= 15 is 0 Å². The Labute approximate surface area is 207 Å². The minimum atomic E-state index is -4.80. The van der Waals surface area contributed by atoms with Crippen molar-refractivity contribution in [3.05, 3.63) is 68.0 Å². The highest BCUT2D eigenvalue weighted by Crippen LogP contribution is 2.41. The largest absolute Gasteiger partial charge is 0.401 e. The van der Waals surface area contributed by atoms with Crippen molar-refractivity contribution in [1.82, 2.24) is 15.3 Å². The molecule has 2 aromatic heterocycles.